The Hall–Kier alpha value is -4.09. The second-order valence-corrected chi connectivity index (χ2v) is 9.14. The lowest BCUT2D eigenvalue weighted by molar-refractivity contribution is -0.140. The summed E-state index contributed by atoms with van der Waals surface area (Å²) < 4.78 is 46.7. The number of hydrogen-bond donors (Lipinski definition) is 1. The average molecular weight is 509 g/mol. The largest absolute Gasteiger partial charge is 0.480 e. The first-order valence-electron chi connectivity index (χ1n) is 12.0. The summed E-state index contributed by atoms with van der Waals surface area (Å²) >= 11 is 0. The first-order chi connectivity index (χ1) is 17.9. The van der Waals surface area contributed by atoms with Crippen LogP contribution in [-0.4, -0.2) is 41.6 Å². The molecule has 12 heteroatoms. The Labute approximate surface area is 210 Å². The molecule has 4 heterocycles. The van der Waals surface area contributed by atoms with Gasteiger partial charge in [-0.25, -0.2) is 24.9 Å². The standard InChI is InChI=1S/C25H23F3N8O/c1-37-23-19(20(15-5-6-15)30-12-32-23)21-31-13-33-24(35-21)29-10-14-4-7-17-16(9-14)3-2-8-36-11-18(25(26,27)28)34-22(17)36/h4,7,9,11-13,15H,2-3,5-6,8,10H2,1H3,(H,29,31,33,35). The Morgan fingerprint density at radius 1 is 1.08 bits per heavy atom. The second-order valence-electron chi connectivity index (χ2n) is 9.14. The molecule has 1 aliphatic heterocycles. The molecule has 2 aliphatic rings. The Balaban J connectivity index is 1.24. The Bertz CT molecular complexity index is 1460. The molecule has 37 heavy (non-hydrogen) atoms. The molecule has 9 nitrogen and oxygen atoms in total. The van der Waals surface area contributed by atoms with Gasteiger partial charge in [-0.3, -0.25) is 0 Å². The highest BCUT2D eigenvalue weighted by Gasteiger charge is 2.35. The Morgan fingerprint density at radius 3 is 2.70 bits per heavy atom. The fourth-order valence-electron chi connectivity index (χ4n) is 4.66. The minimum Gasteiger partial charge on any atom is -0.480 e. The van der Waals surface area contributed by atoms with E-state index in [-0.39, 0.29) is 0 Å². The number of imidazole rings is 1. The summed E-state index contributed by atoms with van der Waals surface area (Å²) in [5, 5.41) is 3.23. The zero-order valence-electron chi connectivity index (χ0n) is 20.0. The van der Waals surface area contributed by atoms with Crippen molar-refractivity contribution < 1.29 is 17.9 Å². The van der Waals surface area contributed by atoms with Crippen LogP contribution in [0.4, 0.5) is 19.1 Å². The molecule has 0 radical (unpaired) electrons. The van der Waals surface area contributed by atoms with Gasteiger partial charge >= 0.3 is 6.18 Å². The third kappa shape index (κ3) is 4.58. The number of methoxy groups -OCH3 is 1. The summed E-state index contributed by atoms with van der Waals surface area (Å²) in [6, 6.07) is 5.72. The molecule has 1 fully saturated rings. The van der Waals surface area contributed by atoms with Gasteiger partial charge in [0.25, 0.3) is 0 Å². The van der Waals surface area contributed by atoms with Crippen LogP contribution in [0.3, 0.4) is 0 Å². The molecule has 3 aromatic heterocycles. The van der Waals surface area contributed by atoms with Crippen LogP contribution in [-0.2, 0) is 25.7 Å². The molecule has 6 rings (SSSR count). The van der Waals surface area contributed by atoms with Gasteiger partial charge in [0.15, 0.2) is 11.5 Å². The number of anilines is 1. The molecule has 0 amide bonds. The third-order valence-electron chi connectivity index (χ3n) is 6.57. The molecule has 1 aliphatic carbocycles. The number of ether oxygens (including phenoxy) is 1. The highest BCUT2D eigenvalue weighted by atomic mass is 19.4. The van der Waals surface area contributed by atoms with Crippen LogP contribution < -0.4 is 10.1 Å². The van der Waals surface area contributed by atoms with Crippen LogP contribution in [0.2, 0.25) is 0 Å². The first-order valence-corrected chi connectivity index (χ1v) is 12.0. The molecule has 4 aromatic rings. The maximum absolute atomic E-state index is 13.2. The number of halogens is 3. The lowest BCUT2D eigenvalue weighted by Crippen LogP contribution is -2.07. The number of rotatable bonds is 6. The summed E-state index contributed by atoms with van der Waals surface area (Å²) in [5.74, 6) is 1.95. The molecule has 1 aromatic carbocycles. The van der Waals surface area contributed by atoms with Gasteiger partial charge in [0, 0.05) is 30.8 Å². The number of aryl methyl sites for hydroxylation is 2. The van der Waals surface area contributed by atoms with Crippen molar-refractivity contribution in [3.05, 3.63) is 59.6 Å². The molecular weight excluding hydrogens is 485 g/mol. The fourth-order valence-corrected chi connectivity index (χ4v) is 4.66. The maximum atomic E-state index is 13.2. The number of benzene rings is 1. The zero-order chi connectivity index (χ0) is 25.6. The number of aromatic nitrogens is 7. The minimum atomic E-state index is -4.47. The van der Waals surface area contributed by atoms with Gasteiger partial charge in [0.1, 0.15) is 24.0 Å². The summed E-state index contributed by atoms with van der Waals surface area (Å²) in [5.41, 5.74) is 3.34. The van der Waals surface area contributed by atoms with Crippen molar-refractivity contribution in [1.82, 2.24) is 34.5 Å². The predicted octanol–water partition coefficient (Wildman–Crippen LogP) is 4.66. The van der Waals surface area contributed by atoms with Crippen LogP contribution >= 0.6 is 0 Å². The summed E-state index contributed by atoms with van der Waals surface area (Å²) in [4.78, 5) is 25.7. The van der Waals surface area contributed by atoms with Crippen LogP contribution in [0, 0.1) is 0 Å². The number of fused-ring (bicyclic) bond motifs is 3. The van der Waals surface area contributed by atoms with E-state index in [2.05, 4.69) is 35.2 Å². The average Bonchev–Trinajstić information content (AvgIpc) is 3.68. The quantitative estimate of drug-likeness (QED) is 0.401. The molecular formula is C25H23F3N8O. The van der Waals surface area contributed by atoms with Gasteiger partial charge in [0.05, 0.1) is 12.8 Å². The number of nitrogens with one attached hydrogen (secondary N) is 1. The lowest BCUT2D eigenvalue weighted by atomic mass is 10.0. The van der Waals surface area contributed by atoms with Gasteiger partial charge < -0.3 is 14.6 Å². The highest BCUT2D eigenvalue weighted by molar-refractivity contribution is 5.66. The van der Waals surface area contributed by atoms with Crippen LogP contribution in [0.15, 0.2) is 37.1 Å². The van der Waals surface area contributed by atoms with Crippen LogP contribution in [0.25, 0.3) is 22.8 Å². The number of alkyl halides is 3. The van der Waals surface area contributed by atoms with Gasteiger partial charge in [-0.15, -0.1) is 0 Å². The van der Waals surface area contributed by atoms with Crippen molar-refractivity contribution in [3.63, 3.8) is 0 Å². The normalized spacial score (nSPS) is 15.0. The van der Waals surface area contributed by atoms with E-state index in [0.29, 0.717) is 48.0 Å². The summed E-state index contributed by atoms with van der Waals surface area (Å²) in [7, 11) is 1.55. The van der Waals surface area contributed by atoms with E-state index in [1.54, 1.807) is 11.7 Å². The first kappa shape index (κ1) is 23.3. The summed E-state index contributed by atoms with van der Waals surface area (Å²) in [6.07, 6.45) is 3.14. The van der Waals surface area contributed by atoms with Gasteiger partial charge in [0.2, 0.25) is 11.8 Å². The molecule has 1 N–H and O–H groups in total. The zero-order valence-corrected chi connectivity index (χ0v) is 20.0. The summed E-state index contributed by atoms with van der Waals surface area (Å²) in [6.45, 7) is 0.917. The maximum Gasteiger partial charge on any atom is 0.434 e. The smallest absolute Gasteiger partial charge is 0.434 e. The van der Waals surface area contributed by atoms with E-state index in [1.165, 1.54) is 12.7 Å². The van der Waals surface area contributed by atoms with Gasteiger partial charge in [-0.05, 0) is 36.8 Å². The third-order valence-corrected chi connectivity index (χ3v) is 6.57. The molecule has 0 atom stereocenters. The topological polar surface area (TPSA) is 104 Å². The van der Waals surface area contributed by atoms with Crippen molar-refractivity contribution >= 4 is 5.95 Å². The van der Waals surface area contributed by atoms with Crippen molar-refractivity contribution in [3.8, 4) is 28.7 Å². The molecule has 0 spiro atoms. The fraction of sp³-hybridized carbons (Fsp3) is 0.360. The van der Waals surface area contributed by atoms with E-state index in [0.717, 1.165) is 54.3 Å². The molecule has 1 saturated carbocycles. The Morgan fingerprint density at radius 2 is 1.92 bits per heavy atom. The highest BCUT2D eigenvalue weighted by Crippen LogP contribution is 2.44. The molecule has 0 unspecified atom stereocenters. The van der Waals surface area contributed by atoms with Gasteiger partial charge in [-0.1, -0.05) is 18.2 Å². The predicted molar refractivity (Wildman–Crippen MR) is 128 cm³/mol. The van der Waals surface area contributed by atoms with Gasteiger partial charge in [-0.2, -0.15) is 18.2 Å². The number of hydrogen-bond acceptors (Lipinski definition) is 8. The molecule has 190 valence electrons. The monoisotopic (exact) mass is 508 g/mol. The second kappa shape index (κ2) is 9.09. The van der Waals surface area contributed by atoms with Crippen LogP contribution in [0.5, 0.6) is 5.88 Å². The number of nitrogens with zero attached hydrogens (tertiary/aromatic N) is 7. The minimum absolute atomic E-state index is 0.349. The lowest BCUT2D eigenvalue weighted by Gasteiger charge is -2.12. The van der Waals surface area contributed by atoms with E-state index >= 15 is 0 Å². The van der Waals surface area contributed by atoms with E-state index < -0.39 is 11.9 Å². The van der Waals surface area contributed by atoms with Crippen LogP contribution in [0.1, 0.15) is 47.7 Å². The molecule has 0 bridgehead atoms. The van der Waals surface area contributed by atoms with E-state index in [9.17, 15) is 13.2 Å². The van der Waals surface area contributed by atoms with E-state index in [1.807, 2.05) is 18.2 Å². The molecule has 0 saturated heterocycles. The van der Waals surface area contributed by atoms with Crippen molar-refractivity contribution in [2.75, 3.05) is 12.4 Å². The van der Waals surface area contributed by atoms with Crippen molar-refractivity contribution in [2.24, 2.45) is 0 Å². The van der Waals surface area contributed by atoms with Crippen molar-refractivity contribution in [1.29, 1.82) is 0 Å². The van der Waals surface area contributed by atoms with Crippen molar-refractivity contribution in [2.45, 2.75) is 50.9 Å². The Kier molecular flexibility index (Phi) is 5.73. The SMILES string of the molecule is COc1ncnc(C2CC2)c1-c1ncnc(NCc2ccc3c(c2)CCCn2cc(C(F)(F)F)nc2-3)n1. The van der Waals surface area contributed by atoms with E-state index in [4.69, 9.17) is 4.74 Å².